The predicted octanol–water partition coefficient (Wildman–Crippen LogP) is 2.64. The van der Waals surface area contributed by atoms with Crippen LogP contribution in [0, 0.1) is 13.8 Å². The van der Waals surface area contributed by atoms with E-state index in [1.165, 1.54) is 6.92 Å². The predicted molar refractivity (Wildman–Crippen MR) is 135 cm³/mol. The van der Waals surface area contributed by atoms with Crippen LogP contribution < -0.4 is 16.0 Å². The fraction of sp³-hybridized carbons (Fsp3) is 0.375. The van der Waals surface area contributed by atoms with Gasteiger partial charge in [-0.25, -0.2) is 9.78 Å². The molecule has 0 bridgehead atoms. The summed E-state index contributed by atoms with van der Waals surface area (Å²) in [7, 11) is 0. The molecule has 196 valence electrons. The van der Waals surface area contributed by atoms with E-state index in [1.807, 2.05) is 0 Å². The van der Waals surface area contributed by atoms with E-state index in [0.717, 1.165) is 11.3 Å². The lowest BCUT2D eigenvalue weighted by molar-refractivity contribution is -0.119. The number of anilines is 1. The largest absolute Gasteiger partial charge is 0.461 e. The molecular formula is C24H28N6O6S. The summed E-state index contributed by atoms with van der Waals surface area (Å²) in [5.74, 6) is -0.512. The van der Waals surface area contributed by atoms with E-state index in [-0.39, 0.29) is 42.4 Å². The van der Waals surface area contributed by atoms with Gasteiger partial charge in [0, 0.05) is 44.5 Å². The lowest BCUT2D eigenvalue weighted by Gasteiger charge is -2.06. The summed E-state index contributed by atoms with van der Waals surface area (Å²) < 4.78 is 10.2. The molecule has 0 unspecified atom stereocenters. The quantitative estimate of drug-likeness (QED) is 0.237. The third-order valence-corrected chi connectivity index (χ3v) is 6.01. The molecule has 0 aliphatic heterocycles. The van der Waals surface area contributed by atoms with Crippen molar-refractivity contribution in [3.8, 4) is 11.4 Å². The van der Waals surface area contributed by atoms with Crippen LogP contribution in [0.4, 0.5) is 5.13 Å². The number of unbranched alkanes of at least 4 members (excludes halogenated alkanes) is 1. The van der Waals surface area contributed by atoms with Crippen LogP contribution in [0.15, 0.2) is 28.8 Å². The Morgan fingerprint density at radius 3 is 2.59 bits per heavy atom. The highest BCUT2D eigenvalue weighted by molar-refractivity contribution is 7.17. The van der Waals surface area contributed by atoms with E-state index < -0.39 is 5.97 Å². The van der Waals surface area contributed by atoms with Gasteiger partial charge in [0.15, 0.2) is 5.13 Å². The first-order valence-electron chi connectivity index (χ1n) is 11.6. The van der Waals surface area contributed by atoms with Crippen LogP contribution in [0.5, 0.6) is 0 Å². The summed E-state index contributed by atoms with van der Waals surface area (Å²) in [6, 6.07) is 6.76. The van der Waals surface area contributed by atoms with Crippen LogP contribution in [0.3, 0.4) is 0 Å². The Hall–Kier alpha value is -4.13. The molecule has 12 nitrogen and oxygen atoms in total. The van der Waals surface area contributed by atoms with Crippen LogP contribution in [-0.4, -0.2) is 58.5 Å². The smallest absolute Gasteiger partial charge is 0.350 e. The summed E-state index contributed by atoms with van der Waals surface area (Å²) in [5, 5.41) is 12.1. The number of aromatic nitrogens is 3. The van der Waals surface area contributed by atoms with Crippen LogP contribution in [0.2, 0.25) is 0 Å². The summed E-state index contributed by atoms with van der Waals surface area (Å²) >= 11 is 1.02. The van der Waals surface area contributed by atoms with Crippen LogP contribution >= 0.6 is 11.3 Å². The van der Waals surface area contributed by atoms with Gasteiger partial charge in [0.25, 0.3) is 5.91 Å². The lowest BCUT2D eigenvalue weighted by atomic mass is 10.1. The first kappa shape index (κ1) is 27.5. The van der Waals surface area contributed by atoms with Crippen molar-refractivity contribution in [1.82, 2.24) is 25.8 Å². The van der Waals surface area contributed by atoms with E-state index in [2.05, 4.69) is 31.1 Å². The molecule has 0 saturated heterocycles. The second-order valence-corrected chi connectivity index (χ2v) is 9.03. The number of hydrogen-bond acceptors (Lipinski definition) is 10. The number of nitrogens with one attached hydrogen (secondary N) is 3. The maximum atomic E-state index is 12.5. The van der Waals surface area contributed by atoms with Crippen LogP contribution in [0.25, 0.3) is 11.4 Å². The van der Waals surface area contributed by atoms with Crippen LogP contribution in [-0.2, 0) is 14.3 Å². The normalized spacial score (nSPS) is 10.6. The van der Waals surface area contributed by atoms with Gasteiger partial charge in [0.1, 0.15) is 4.88 Å². The number of nitrogens with zero attached hydrogens (tertiary/aromatic N) is 3. The highest BCUT2D eigenvalue weighted by Crippen LogP contribution is 2.23. The van der Waals surface area contributed by atoms with Crippen molar-refractivity contribution in [1.29, 1.82) is 0 Å². The topological polar surface area (TPSA) is 165 Å². The number of carbonyl (C=O) groups excluding carboxylic acids is 4. The molecule has 1 aromatic carbocycles. The van der Waals surface area contributed by atoms with Crippen molar-refractivity contribution >= 4 is 40.2 Å². The Balaban J connectivity index is 1.42. The average Bonchev–Trinajstić information content (AvgIpc) is 3.46. The molecule has 37 heavy (non-hydrogen) atoms. The van der Waals surface area contributed by atoms with Gasteiger partial charge in [-0.3, -0.25) is 14.4 Å². The van der Waals surface area contributed by atoms with Crippen molar-refractivity contribution in [2.75, 3.05) is 25.0 Å². The van der Waals surface area contributed by atoms with E-state index in [9.17, 15) is 19.2 Å². The number of ether oxygens (including phenoxy) is 1. The summed E-state index contributed by atoms with van der Waals surface area (Å²) in [6.07, 6.45) is 1.32. The minimum Gasteiger partial charge on any atom is -0.461 e. The van der Waals surface area contributed by atoms with Gasteiger partial charge < -0.3 is 25.2 Å². The summed E-state index contributed by atoms with van der Waals surface area (Å²) in [4.78, 5) is 56.6. The Morgan fingerprint density at radius 1 is 1.05 bits per heavy atom. The molecule has 0 radical (unpaired) electrons. The fourth-order valence-electron chi connectivity index (χ4n) is 3.15. The van der Waals surface area contributed by atoms with Crippen molar-refractivity contribution in [2.45, 2.75) is 40.0 Å². The molecule has 0 saturated carbocycles. The van der Waals surface area contributed by atoms with Gasteiger partial charge in [-0.1, -0.05) is 28.6 Å². The number of benzene rings is 1. The zero-order valence-corrected chi connectivity index (χ0v) is 21.6. The SMILES string of the molecule is CC(=O)NCCCCOC(=O)c1sc(NC(=O)CCNC(=O)c2cccc(-c3noc(C)n3)c2)nc1C. The molecule has 0 aliphatic carbocycles. The van der Waals surface area contributed by atoms with Gasteiger partial charge in [-0.2, -0.15) is 4.98 Å². The maximum absolute atomic E-state index is 12.5. The number of amides is 3. The van der Waals surface area contributed by atoms with E-state index in [1.54, 1.807) is 38.1 Å². The molecule has 0 spiro atoms. The van der Waals surface area contributed by atoms with Gasteiger partial charge in [0.2, 0.25) is 23.5 Å². The number of esters is 1. The van der Waals surface area contributed by atoms with E-state index >= 15 is 0 Å². The summed E-state index contributed by atoms with van der Waals surface area (Å²) in [6.45, 7) is 5.62. The van der Waals surface area contributed by atoms with Crippen molar-refractivity contribution in [3.63, 3.8) is 0 Å². The molecule has 3 aromatic rings. The number of rotatable bonds is 12. The molecular weight excluding hydrogens is 500 g/mol. The maximum Gasteiger partial charge on any atom is 0.350 e. The van der Waals surface area contributed by atoms with Gasteiger partial charge in [-0.05, 0) is 31.9 Å². The molecule has 0 aliphatic rings. The Morgan fingerprint density at radius 2 is 1.86 bits per heavy atom. The van der Waals surface area contributed by atoms with Crippen molar-refractivity contribution in [2.24, 2.45) is 0 Å². The highest BCUT2D eigenvalue weighted by Gasteiger charge is 2.18. The Bertz CT molecular complexity index is 1270. The zero-order valence-electron chi connectivity index (χ0n) is 20.8. The molecule has 3 N–H and O–H groups in total. The zero-order chi connectivity index (χ0) is 26.8. The van der Waals surface area contributed by atoms with Crippen molar-refractivity contribution < 1.29 is 28.4 Å². The van der Waals surface area contributed by atoms with E-state index in [0.29, 0.717) is 52.8 Å². The second kappa shape index (κ2) is 13.3. The molecule has 0 fully saturated rings. The molecule has 13 heteroatoms. The monoisotopic (exact) mass is 528 g/mol. The minimum atomic E-state index is -0.513. The average molecular weight is 529 g/mol. The van der Waals surface area contributed by atoms with Gasteiger partial charge in [-0.15, -0.1) is 0 Å². The standard InChI is InChI=1S/C24H28N6O6S/c1-14-20(23(34)35-12-5-4-10-25-15(2)31)37-24(27-14)29-19(32)9-11-26-22(33)18-8-6-7-17(13-18)21-28-16(3)36-30-21/h6-8,13H,4-5,9-12H2,1-3H3,(H,25,31)(H,26,33)(H,27,29,32). The molecule has 2 aromatic heterocycles. The number of aryl methyl sites for hydroxylation is 2. The second-order valence-electron chi connectivity index (χ2n) is 8.03. The third kappa shape index (κ3) is 8.49. The highest BCUT2D eigenvalue weighted by atomic mass is 32.1. The number of carbonyl (C=O) groups is 4. The number of hydrogen-bond donors (Lipinski definition) is 3. The molecule has 0 atom stereocenters. The van der Waals surface area contributed by atoms with Gasteiger partial charge in [0.05, 0.1) is 12.3 Å². The molecule has 3 amide bonds. The minimum absolute atomic E-state index is 0.0160. The summed E-state index contributed by atoms with van der Waals surface area (Å²) in [5.41, 5.74) is 1.49. The third-order valence-electron chi connectivity index (χ3n) is 4.95. The first-order chi connectivity index (χ1) is 17.7. The Labute approximate surface area is 217 Å². The Kier molecular flexibility index (Phi) is 9.84. The van der Waals surface area contributed by atoms with Crippen LogP contribution in [0.1, 0.15) is 57.8 Å². The van der Waals surface area contributed by atoms with Gasteiger partial charge >= 0.3 is 5.97 Å². The number of thiazole rings is 1. The van der Waals surface area contributed by atoms with E-state index in [4.69, 9.17) is 9.26 Å². The van der Waals surface area contributed by atoms with Crippen molar-refractivity contribution in [3.05, 3.63) is 46.3 Å². The molecule has 2 heterocycles. The lowest BCUT2D eigenvalue weighted by Crippen LogP contribution is -2.27. The first-order valence-corrected chi connectivity index (χ1v) is 12.4. The fourth-order valence-corrected chi connectivity index (χ4v) is 4.03. The molecule has 3 rings (SSSR count).